The molecule has 25 heavy (non-hydrogen) atoms. The highest BCUT2D eigenvalue weighted by Crippen LogP contribution is 2.39. The van der Waals surface area contributed by atoms with Crippen molar-refractivity contribution in [2.75, 3.05) is 13.2 Å². The molecule has 2 saturated heterocycles. The Kier molecular flexibility index (Phi) is 5.74. The Bertz CT molecular complexity index is 576. The molecule has 2 aliphatic heterocycles. The summed E-state index contributed by atoms with van der Waals surface area (Å²) in [5, 5.41) is 0. The van der Waals surface area contributed by atoms with Crippen LogP contribution < -0.4 is 5.73 Å². The minimum Gasteiger partial charge on any atom is -0.462 e. The van der Waals surface area contributed by atoms with E-state index in [-0.39, 0.29) is 29.8 Å². The summed E-state index contributed by atoms with van der Waals surface area (Å²) in [7, 11) is 0. The van der Waals surface area contributed by atoms with Gasteiger partial charge in [0.25, 0.3) is 0 Å². The lowest BCUT2D eigenvalue weighted by Gasteiger charge is -2.36. The number of hydrogen-bond donors (Lipinski definition) is 1. The Hall–Kier alpha value is -1.46. The number of ketones is 1. The van der Waals surface area contributed by atoms with Gasteiger partial charge >= 0.3 is 5.97 Å². The van der Waals surface area contributed by atoms with Crippen LogP contribution in [0.25, 0.3) is 0 Å². The quantitative estimate of drug-likeness (QED) is 0.470. The molecule has 0 radical (unpaired) electrons. The van der Waals surface area contributed by atoms with Crippen molar-refractivity contribution in [3.63, 3.8) is 0 Å². The molecule has 138 valence electrons. The molecule has 0 bridgehead atoms. The number of ether oxygens (including phenoxy) is 2. The van der Waals surface area contributed by atoms with E-state index in [1.165, 1.54) is 6.92 Å². The number of hydrogen-bond acceptors (Lipinski definition) is 5. The first kappa shape index (κ1) is 18.3. The lowest BCUT2D eigenvalue weighted by Crippen LogP contribution is -2.39. The molecular formula is C20H29NO4. The first-order valence-electron chi connectivity index (χ1n) is 9.38. The lowest BCUT2D eigenvalue weighted by atomic mass is 9.72. The van der Waals surface area contributed by atoms with Crippen molar-refractivity contribution in [2.24, 2.45) is 23.5 Å². The molecule has 3 rings (SSSR count). The van der Waals surface area contributed by atoms with Crippen molar-refractivity contribution in [3.05, 3.63) is 23.8 Å². The van der Waals surface area contributed by atoms with Gasteiger partial charge in [-0.1, -0.05) is 18.2 Å². The van der Waals surface area contributed by atoms with Crippen molar-refractivity contribution >= 4 is 11.8 Å². The SMILES string of the molecule is C=C(CC1CC(C2=CC(N)C(C3CCOCC3)CC2)C(=O)O1)C(C)=O. The van der Waals surface area contributed by atoms with Gasteiger partial charge in [0.1, 0.15) is 6.10 Å². The van der Waals surface area contributed by atoms with Crippen LogP contribution >= 0.6 is 0 Å². The van der Waals surface area contributed by atoms with Gasteiger partial charge in [-0.05, 0) is 50.0 Å². The summed E-state index contributed by atoms with van der Waals surface area (Å²) in [6.45, 7) is 6.93. The summed E-state index contributed by atoms with van der Waals surface area (Å²) in [5.41, 5.74) is 8.08. The van der Waals surface area contributed by atoms with Crippen LogP contribution in [-0.2, 0) is 19.1 Å². The van der Waals surface area contributed by atoms with E-state index in [1.807, 2.05) is 0 Å². The maximum atomic E-state index is 12.3. The van der Waals surface area contributed by atoms with E-state index >= 15 is 0 Å². The Labute approximate surface area is 149 Å². The summed E-state index contributed by atoms with van der Waals surface area (Å²) in [5.74, 6) is 0.690. The second-order valence-corrected chi connectivity index (χ2v) is 7.68. The van der Waals surface area contributed by atoms with Gasteiger partial charge in [-0.25, -0.2) is 0 Å². The van der Waals surface area contributed by atoms with Crippen LogP contribution in [0.3, 0.4) is 0 Å². The van der Waals surface area contributed by atoms with Gasteiger partial charge in [0.2, 0.25) is 0 Å². The van der Waals surface area contributed by atoms with Crippen molar-refractivity contribution in [2.45, 2.75) is 57.6 Å². The Balaban J connectivity index is 1.61. The maximum absolute atomic E-state index is 12.3. The highest BCUT2D eigenvalue weighted by Gasteiger charge is 2.40. The van der Waals surface area contributed by atoms with Crippen molar-refractivity contribution in [1.29, 1.82) is 0 Å². The standard InChI is InChI=1S/C20H29NO4/c1-12(13(2)22)9-16-11-18(20(23)25-16)15-3-4-17(19(21)10-15)14-5-7-24-8-6-14/h10,14,16-19H,1,3-9,11,21H2,2H3. The van der Waals surface area contributed by atoms with Gasteiger partial charge in [-0.2, -0.15) is 0 Å². The summed E-state index contributed by atoms with van der Waals surface area (Å²) in [6, 6.07) is 0.00545. The van der Waals surface area contributed by atoms with E-state index in [1.54, 1.807) is 0 Å². The number of carbonyl (C=O) groups is 2. The molecular weight excluding hydrogens is 318 g/mol. The fourth-order valence-corrected chi connectivity index (χ4v) is 4.46. The summed E-state index contributed by atoms with van der Waals surface area (Å²) in [4.78, 5) is 23.6. The summed E-state index contributed by atoms with van der Waals surface area (Å²) in [6.07, 6.45) is 7.05. The third-order valence-electron chi connectivity index (χ3n) is 6.02. The third kappa shape index (κ3) is 4.21. The molecule has 0 aromatic heterocycles. The maximum Gasteiger partial charge on any atom is 0.313 e. The van der Waals surface area contributed by atoms with Gasteiger partial charge in [-0.15, -0.1) is 0 Å². The second-order valence-electron chi connectivity index (χ2n) is 7.68. The van der Waals surface area contributed by atoms with Gasteiger partial charge in [0.05, 0.1) is 5.92 Å². The molecule has 2 N–H and O–H groups in total. The number of rotatable bonds is 5. The van der Waals surface area contributed by atoms with Crippen LogP contribution in [0.2, 0.25) is 0 Å². The topological polar surface area (TPSA) is 78.6 Å². The average molecular weight is 347 g/mol. The van der Waals surface area contributed by atoms with Gasteiger partial charge in [-0.3, -0.25) is 9.59 Å². The molecule has 4 atom stereocenters. The Morgan fingerprint density at radius 1 is 1.32 bits per heavy atom. The number of nitrogens with two attached hydrogens (primary N) is 1. The molecule has 2 fully saturated rings. The largest absolute Gasteiger partial charge is 0.462 e. The first-order chi connectivity index (χ1) is 12.0. The number of Topliss-reactive ketones (excluding diaryl/α,β-unsaturated/α-hetero) is 1. The summed E-state index contributed by atoms with van der Waals surface area (Å²) >= 11 is 0. The predicted molar refractivity (Wildman–Crippen MR) is 94.8 cm³/mol. The zero-order valence-electron chi connectivity index (χ0n) is 15.0. The van der Waals surface area contributed by atoms with Gasteiger partial charge in [0.15, 0.2) is 5.78 Å². The molecule has 1 aliphatic carbocycles. The third-order valence-corrected chi connectivity index (χ3v) is 6.02. The fraction of sp³-hybridized carbons (Fsp3) is 0.700. The molecule has 5 nitrogen and oxygen atoms in total. The van der Waals surface area contributed by atoms with E-state index in [0.29, 0.717) is 30.3 Å². The van der Waals surface area contributed by atoms with Crippen molar-refractivity contribution in [1.82, 2.24) is 0 Å². The van der Waals surface area contributed by atoms with Crippen LogP contribution in [0, 0.1) is 17.8 Å². The highest BCUT2D eigenvalue weighted by atomic mass is 16.6. The zero-order chi connectivity index (χ0) is 18.0. The smallest absolute Gasteiger partial charge is 0.313 e. The van der Waals surface area contributed by atoms with Crippen LogP contribution in [0.15, 0.2) is 23.8 Å². The predicted octanol–water partition coefficient (Wildman–Crippen LogP) is 2.54. The van der Waals surface area contributed by atoms with E-state index in [0.717, 1.165) is 44.5 Å². The van der Waals surface area contributed by atoms with Gasteiger partial charge in [0, 0.05) is 32.1 Å². The zero-order valence-corrected chi connectivity index (χ0v) is 15.0. The Morgan fingerprint density at radius 3 is 2.68 bits per heavy atom. The van der Waals surface area contributed by atoms with E-state index in [2.05, 4.69) is 12.7 Å². The minimum absolute atomic E-state index is 0.00545. The fourth-order valence-electron chi connectivity index (χ4n) is 4.46. The molecule has 5 heteroatoms. The number of carbonyl (C=O) groups excluding carboxylic acids is 2. The van der Waals surface area contributed by atoms with Gasteiger partial charge < -0.3 is 15.2 Å². The van der Waals surface area contributed by atoms with Crippen molar-refractivity contribution in [3.8, 4) is 0 Å². The average Bonchev–Trinajstić information content (AvgIpc) is 2.95. The van der Waals surface area contributed by atoms with Crippen LogP contribution in [-0.4, -0.2) is 37.1 Å². The van der Waals surface area contributed by atoms with E-state index in [9.17, 15) is 9.59 Å². The molecule has 0 aromatic rings. The first-order valence-corrected chi connectivity index (χ1v) is 9.38. The molecule has 0 aromatic carbocycles. The number of cyclic esters (lactones) is 1. The van der Waals surface area contributed by atoms with Crippen LogP contribution in [0.1, 0.15) is 45.4 Å². The lowest BCUT2D eigenvalue weighted by molar-refractivity contribution is -0.143. The Morgan fingerprint density at radius 2 is 2.04 bits per heavy atom. The summed E-state index contributed by atoms with van der Waals surface area (Å²) < 4.78 is 10.9. The van der Waals surface area contributed by atoms with Crippen molar-refractivity contribution < 1.29 is 19.1 Å². The van der Waals surface area contributed by atoms with Crippen LogP contribution in [0.4, 0.5) is 0 Å². The molecule has 0 saturated carbocycles. The molecule has 2 heterocycles. The molecule has 0 amide bonds. The van der Waals surface area contributed by atoms with E-state index in [4.69, 9.17) is 15.2 Å². The van der Waals surface area contributed by atoms with Crippen LogP contribution in [0.5, 0.6) is 0 Å². The molecule has 0 spiro atoms. The minimum atomic E-state index is -0.237. The highest BCUT2D eigenvalue weighted by molar-refractivity contribution is 5.92. The molecule has 4 unspecified atom stereocenters. The number of esters is 1. The van der Waals surface area contributed by atoms with E-state index < -0.39 is 0 Å². The normalized spacial score (nSPS) is 33.7. The molecule has 3 aliphatic rings. The second kappa shape index (κ2) is 7.83. The monoisotopic (exact) mass is 347 g/mol.